The number of hydrogen-bond donors (Lipinski definition) is 2. The van der Waals surface area contributed by atoms with Crippen LogP contribution in [0.25, 0.3) is 0 Å². The van der Waals surface area contributed by atoms with Gasteiger partial charge in [-0.25, -0.2) is 4.98 Å². The van der Waals surface area contributed by atoms with Gasteiger partial charge in [-0.15, -0.1) is 0 Å². The molecule has 2 N–H and O–H groups in total. The van der Waals surface area contributed by atoms with Crippen molar-refractivity contribution in [3.8, 4) is 0 Å². The molecule has 1 unspecified atom stereocenters. The summed E-state index contributed by atoms with van der Waals surface area (Å²) in [4.78, 5) is 21.4. The maximum atomic E-state index is 12.6. The number of pyridine rings is 1. The molecule has 0 bridgehead atoms. The molecule has 6 heteroatoms. The Labute approximate surface area is 155 Å². The molecule has 0 spiro atoms. The highest BCUT2D eigenvalue weighted by molar-refractivity contribution is 5.98. The van der Waals surface area contributed by atoms with Gasteiger partial charge in [-0.05, 0) is 31.8 Å². The van der Waals surface area contributed by atoms with Crippen molar-refractivity contribution in [2.75, 3.05) is 51.7 Å². The summed E-state index contributed by atoms with van der Waals surface area (Å²) in [6.07, 6.45) is 1.76. The highest BCUT2D eigenvalue weighted by atomic mass is 16.1. The minimum Gasteiger partial charge on any atom is -0.353 e. The summed E-state index contributed by atoms with van der Waals surface area (Å²) in [7, 11) is 3.98. The molecule has 0 radical (unpaired) electrons. The van der Waals surface area contributed by atoms with E-state index in [0.29, 0.717) is 12.1 Å². The summed E-state index contributed by atoms with van der Waals surface area (Å²) >= 11 is 0. The number of likely N-dealkylation sites (N-methyl/N-ethyl adjacent to an activating group) is 1. The molecule has 0 saturated carbocycles. The molecular weight excluding hydrogens is 326 g/mol. The van der Waals surface area contributed by atoms with Gasteiger partial charge in [0.1, 0.15) is 5.82 Å². The number of benzene rings is 1. The second-order valence-corrected chi connectivity index (χ2v) is 6.80. The maximum absolute atomic E-state index is 12.6. The molecule has 1 aromatic carbocycles. The van der Waals surface area contributed by atoms with E-state index in [4.69, 9.17) is 0 Å². The van der Waals surface area contributed by atoms with Gasteiger partial charge in [0.05, 0.1) is 5.56 Å². The third-order valence-electron chi connectivity index (χ3n) is 4.55. The summed E-state index contributed by atoms with van der Waals surface area (Å²) in [5.74, 6) is 0.696. The Balaban J connectivity index is 1.73. The molecule has 1 amide bonds. The van der Waals surface area contributed by atoms with Crippen LogP contribution in [0.2, 0.25) is 0 Å². The van der Waals surface area contributed by atoms with Gasteiger partial charge >= 0.3 is 0 Å². The zero-order valence-corrected chi connectivity index (χ0v) is 15.5. The first-order valence-corrected chi connectivity index (χ1v) is 9.06. The number of hydrogen-bond acceptors (Lipinski definition) is 5. The molecule has 138 valence electrons. The summed E-state index contributed by atoms with van der Waals surface area (Å²) in [5.41, 5.74) is 1.89. The lowest BCUT2D eigenvalue weighted by Gasteiger charge is -2.35. The van der Waals surface area contributed by atoms with Crippen molar-refractivity contribution >= 4 is 11.7 Å². The van der Waals surface area contributed by atoms with Gasteiger partial charge in [-0.2, -0.15) is 0 Å². The highest BCUT2D eigenvalue weighted by Gasteiger charge is 2.24. The van der Waals surface area contributed by atoms with Crippen molar-refractivity contribution in [1.82, 2.24) is 20.5 Å². The molecular formula is C20H27N5O. The lowest BCUT2D eigenvalue weighted by Crippen LogP contribution is -2.47. The Morgan fingerprint density at radius 2 is 2.08 bits per heavy atom. The van der Waals surface area contributed by atoms with E-state index in [9.17, 15) is 4.79 Å². The van der Waals surface area contributed by atoms with Crippen molar-refractivity contribution < 1.29 is 4.79 Å². The molecule has 0 aliphatic carbocycles. The van der Waals surface area contributed by atoms with Crippen LogP contribution in [0, 0.1) is 0 Å². The van der Waals surface area contributed by atoms with E-state index in [-0.39, 0.29) is 11.9 Å². The second-order valence-electron chi connectivity index (χ2n) is 6.80. The first-order chi connectivity index (χ1) is 12.6. The zero-order chi connectivity index (χ0) is 18.4. The Hall–Kier alpha value is -2.44. The number of rotatable bonds is 6. The van der Waals surface area contributed by atoms with Crippen LogP contribution in [-0.2, 0) is 0 Å². The molecule has 6 nitrogen and oxygen atoms in total. The fraction of sp³-hybridized carbons (Fsp3) is 0.400. The topological polar surface area (TPSA) is 60.5 Å². The van der Waals surface area contributed by atoms with Crippen molar-refractivity contribution in [3.63, 3.8) is 0 Å². The van der Waals surface area contributed by atoms with Crippen molar-refractivity contribution in [1.29, 1.82) is 0 Å². The number of amides is 1. The number of carbonyl (C=O) groups is 1. The second kappa shape index (κ2) is 8.78. The molecule has 3 rings (SSSR count). The average Bonchev–Trinajstić information content (AvgIpc) is 2.68. The fourth-order valence-corrected chi connectivity index (χ4v) is 3.17. The number of carbonyl (C=O) groups excluding carboxylic acids is 1. The number of aromatic nitrogens is 1. The SMILES string of the molecule is CN(C)CCNC(=O)c1cccnc1N1CCNC(c2ccccc2)C1. The minimum absolute atomic E-state index is 0.0651. The maximum Gasteiger partial charge on any atom is 0.255 e. The van der Waals surface area contributed by atoms with Crippen LogP contribution in [0.3, 0.4) is 0 Å². The monoisotopic (exact) mass is 353 g/mol. The summed E-state index contributed by atoms with van der Waals surface area (Å²) in [6, 6.07) is 14.3. The average molecular weight is 353 g/mol. The Morgan fingerprint density at radius 3 is 2.85 bits per heavy atom. The number of nitrogens with one attached hydrogen (secondary N) is 2. The summed E-state index contributed by atoms with van der Waals surface area (Å²) in [5, 5.41) is 6.54. The molecule has 2 heterocycles. The van der Waals surface area contributed by atoms with Crippen molar-refractivity contribution in [2.24, 2.45) is 0 Å². The van der Waals surface area contributed by atoms with Gasteiger partial charge < -0.3 is 20.4 Å². The molecule has 1 atom stereocenters. The van der Waals surface area contributed by atoms with Gasteiger partial charge in [-0.3, -0.25) is 4.79 Å². The third-order valence-corrected chi connectivity index (χ3v) is 4.55. The number of anilines is 1. The van der Waals surface area contributed by atoms with E-state index in [1.807, 2.05) is 37.2 Å². The van der Waals surface area contributed by atoms with Crippen molar-refractivity contribution in [2.45, 2.75) is 6.04 Å². The fourth-order valence-electron chi connectivity index (χ4n) is 3.17. The standard InChI is InChI=1S/C20H27N5O/c1-24(2)13-11-23-20(26)17-9-6-10-22-19(17)25-14-12-21-18(15-25)16-7-4-3-5-8-16/h3-10,18,21H,11-15H2,1-2H3,(H,23,26). The van der Waals surface area contributed by atoms with Gasteiger partial charge in [0.2, 0.25) is 0 Å². The zero-order valence-electron chi connectivity index (χ0n) is 15.5. The van der Waals surface area contributed by atoms with E-state index in [2.05, 4.69) is 44.8 Å². The normalized spacial score (nSPS) is 17.3. The molecule has 1 aliphatic heterocycles. The molecule has 1 fully saturated rings. The summed E-state index contributed by atoms with van der Waals surface area (Å²) < 4.78 is 0. The van der Waals surface area contributed by atoms with E-state index in [1.54, 1.807) is 6.20 Å². The van der Waals surface area contributed by atoms with Crippen LogP contribution >= 0.6 is 0 Å². The van der Waals surface area contributed by atoms with Gasteiger partial charge in [0.25, 0.3) is 5.91 Å². The highest BCUT2D eigenvalue weighted by Crippen LogP contribution is 2.23. The Morgan fingerprint density at radius 1 is 1.27 bits per heavy atom. The molecule has 2 aromatic rings. The smallest absolute Gasteiger partial charge is 0.255 e. The van der Waals surface area contributed by atoms with E-state index < -0.39 is 0 Å². The molecule has 1 aliphatic rings. The predicted molar refractivity (Wildman–Crippen MR) is 105 cm³/mol. The lowest BCUT2D eigenvalue weighted by atomic mass is 10.0. The van der Waals surface area contributed by atoms with E-state index in [1.165, 1.54) is 5.56 Å². The van der Waals surface area contributed by atoms with E-state index in [0.717, 1.165) is 32.0 Å². The minimum atomic E-state index is -0.0651. The molecule has 26 heavy (non-hydrogen) atoms. The lowest BCUT2D eigenvalue weighted by molar-refractivity contribution is 0.0951. The summed E-state index contributed by atoms with van der Waals surface area (Å²) in [6.45, 7) is 3.91. The van der Waals surface area contributed by atoms with E-state index >= 15 is 0 Å². The van der Waals surface area contributed by atoms with Gasteiger partial charge in [-0.1, -0.05) is 30.3 Å². The third kappa shape index (κ3) is 4.59. The quantitative estimate of drug-likeness (QED) is 0.825. The van der Waals surface area contributed by atoms with Crippen LogP contribution < -0.4 is 15.5 Å². The number of piperazine rings is 1. The van der Waals surface area contributed by atoms with Crippen LogP contribution in [0.15, 0.2) is 48.7 Å². The van der Waals surface area contributed by atoms with Gasteiger partial charge in [0, 0.05) is 45.0 Å². The first kappa shape index (κ1) is 18.4. The van der Waals surface area contributed by atoms with Crippen LogP contribution in [0.1, 0.15) is 22.0 Å². The largest absolute Gasteiger partial charge is 0.353 e. The molecule has 1 saturated heterocycles. The first-order valence-electron chi connectivity index (χ1n) is 9.06. The van der Waals surface area contributed by atoms with Crippen LogP contribution in [0.4, 0.5) is 5.82 Å². The van der Waals surface area contributed by atoms with Crippen LogP contribution in [0.5, 0.6) is 0 Å². The number of nitrogens with zero attached hydrogens (tertiary/aromatic N) is 3. The predicted octanol–water partition coefficient (Wildman–Crippen LogP) is 1.52. The van der Waals surface area contributed by atoms with Crippen LogP contribution in [-0.4, -0.2) is 62.6 Å². The van der Waals surface area contributed by atoms with Gasteiger partial charge in [0.15, 0.2) is 0 Å². The van der Waals surface area contributed by atoms with Crippen molar-refractivity contribution in [3.05, 3.63) is 59.8 Å². The Bertz CT molecular complexity index is 719. The molecule has 1 aromatic heterocycles. The Kier molecular flexibility index (Phi) is 6.20.